The van der Waals surface area contributed by atoms with E-state index < -0.39 is 11.1 Å². The fourth-order valence-corrected chi connectivity index (χ4v) is 2.00. The van der Waals surface area contributed by atoms with E-state index in [1.54, 1.807) is 25.1 Å². The summed E-state index contributed by atoms with van der Waals surface area (Å²) in [6.07, 6.45) is 0. The van der Waals surface area contributed by atoms with Gasteiger partial charge in [-0.1, -0.05) is 0 Å². The molecule has 0 aliphatic rings. The summed E-state index contributed by atoms with van der Waals surface area (Å²) in [4.78, 5) is 37.4. The number of carbonyl (C=O) groups is 1. The van der Waals surface area contributed by atoms with Crippen molar-refractivity contribution in [3.63, 3.8) is 0 Å². The number of benzene rings is 1. The van der Waals surface area contributed by atoms with E-state index in [1.807, 2.05) is 6.92 Å². The molecule has 0 unspecified atom stereocenters. The molecule has 0 aliphatic carbocycles. The average molecular weight is 261 g/mol. The van der Waals surface area contributed by atoms with E-state index in [4.69, 9.17) is 0 Å². The molecule has 6 heteroatoms. The monoisotopic (exact) mass is 261 g/mol. The molecule has 1 aromatic heterocycles. The van der Waals surface area contributed by atoms with Crippen LogP contribution in [0.15, 0.2) is 27.8 Å². The number of carbonyl (C=O) groups excluding carboxylic acids is 1. The van der Waals surface area contributed by atoms with Crippen LogP contribution in [0.5, 0.6) is 0 Å². The highest BCUT2D eigenvalue weighted by Gasteiger charge is 2.09. The van der Waals surface area contributed by atoms with Crippen molar-refractivity contribution in [2.24, 2.45) is 0 Å². The van der Waals surface area contributed by atoms with Crippen molar-refractivity contribution in [1.29, 1.82) is 0 Å². The minimum Gasteiger partial charge on any atom is -0.352 e. The summed E-state index contributed by atoms with van der Waals surface area (Å²) in [7, 11) is 0. The SMILES string of the molecule is CCNC(=O)c1ccc2c(c1)[nH]c(=O)c(=O)n2CC. The maximum atomic E-state index is 11.7. The number of amides is 1. The van der Waals surface area contributed by atoms with E-state index in [1.165, 1.54) is 4.57 Å². The predicted octanol–water partition coefficient (Wildman–Crippen LogP) is 0.459. The number of H-pyrrole nitrogens is 1. The molecule has 0 radical (unpaired) electrons. The quantitative estimate of drug-likeness (QED) is 0.787. The molecule has 2 rings (SSSR count). The number of aryl methyl sites for hydroxylation is 1. The molecule has 0 atom stereocenters. The van der Waals surface area contributed by atoms with Crippen LogP contribution < -0.4 is 16.4 Å². The van der Waals surface area contributed by atoms with E-state index >= 15 is 0 Å². The number of fused-ring (bicyclic) bond motifs is 1. The Labute approximate surface area is 109 Å². The van der Waals surface area contributed by atoms with E-state index in [2.05, 4.69) is 10.3 Å². The van der Waals surface area contributed by atoms with Gasteiger partial charge in [-0.15, -0.1) is 0 Å². The Bertz CT molecular complexity index is 743. The summed E-state index contributed by atoms with van der Waals surface area (Å²) < 4.78 is 1.38. The second-order valence-corrected chi connectivity index (χ2v) is 4.09. The minimum absolute atomic E-state index is 0.209. The lowest BCUT2D eigenvalue weighted by atomic mass is 10.1. The zero-order chi connectivity index (χ0) is 14.0. The van der Waals surface area contributed by atoms with Gasteiger partial charge in [0.25, 0.3) is 5.91 Å². The Morgan fingerprint density at radius 3 is 2.68 bits per heavy atom. The van der Waals surface area contributed by atoms with Crippen molar-refractivity contribution in [3.8, 4) is 0 Å². The first kappa shape index (κ1) is 13.1. The average Bonchev–Trinajstić information content (AvgIpc) is 2.40. The minimum atomic E-state index is -0.678. The van der Waals surface area contributed by atoms with Crippen LogP contribution >= 0.6 is 0 Å². The van der Waals surface area contributed by atoms with Crippen LogP contribution in [0.4, 0.5) is 0 Å². The molecular weight excluding hydrogens is 246 g/mol. The molecular formula is C13H15N3O3. The van der Waals surface area contributed by atoms with Gasteiger partial charge in [-0.25, -0.2) is 0 Å². The second kappa shape index (κ2) is 5.09. The van der Waals surface area contributed by atoms with Crippen LogP contribution in [0.2, 0.25) is 0 Å². The predicted molar refractivity (Wildman–Crippen MR) is 72.5 cm³/mol. The zero-order valence-electron chi connectivity index (χ0n) is 10.8. The number of aromatic nitrogens is 2. The van der Waals surface area contributed by atoms with Crippen LogP contribution in [0.3, 0.4) is 0 Å². The summed E-state index contributed by atoms with van der Waals surface area (Å²) in [5.41, 5.74) is 0.282. The van der Waals surface area contributed by atoms with Gasteiger partial charge in [-0.2, -0.15) is 0 Å². The molecule has 2 N–H and O–H groups in total. The van der Waals surface area contributed by atoms with Gasteiger partial charge in [-0.05, 0) is 32.0 Å². The molecule has 1 amide bonds. The zero-order valence-corrected chi connectivity index (χ0v) is 10.8. The number of rotatable bonds is 3. The molecule has 0 spiro atoms. The first-order valence-electron chi connectivity index (χ1n) is 6.13. The van der Waals surface area contributed by atoms with Gasteiger partial charge < -0.3 is 14.9 Å². The van der Waals surface area contributed by atoms with E-state index in [-0.39, 0.29) is 5.91 Å². The lowest BCUT2D eigenvalue weighted by Gasteiger charge is -2.08. The molecule has 100 valence electrons. The van der Waals surface area contributed by atoms with Gasteiger partial charge in [0.2, 0.25) is 0 Å². The Morgan fingerprint density at radius 1 is 1.32 bits per heavy atom. The topological polar surface area (TPSA) is 84.0 Å². The van der Waals surface area contributed by atoms with Crippen LogP contribution in [0.1, 0.15) is 24.2 Å². The molecule has 0 bridgehead atoms. The Kier molecular flexibility index (Phi) is 3.50. The lowest BCUT2D eigenvalue weighted by Crippen LogP contribution is -2.36. The Morgan fingerprint density at radius 2 is 2.05 bits per heavy atom. The lowest BCUT2D eigenvalue weighted by molar-refractivity contribution is 0.0956. The molecule has 0 aliphatic heterocycles. The van der Waals surface area contributed by atoms with Crippen molar-refractivity contribution in [1.82, 2.24) is 14.9 Å². The fraction of sp³-hybridized carbons (Fsp3) is 0.308. The van der Waals surface area contributed by atoms with Gasteiger partial charge in [-0.3, -0.25) is 14.4 Å². The Hall–Kier alpha value is -2.37. The maximum Gasteiger partial charge on any atom is 0.316 e. The molecule has 19 heavy (non-hydrogen) atoms. The molecule has 6 nitrogen and oxygen atoms in total. The molecule has 2 aromatic rings. The highest BCUT2D eigenvalue weighted by atomic mass is 16.2. The van der Waals surface area contributed by atoms with Crippen molar-refractivity contribution in [2.45, 2.75) is 20.4 Å². The van der Waals surface area contributed by atoms with E-state index in [0.717, 1.165) is 0 Å². The number of hydrogen-bond acceptors (Lipinski definition) is 3. The first-order chi connectivity index (χ1) is 9.08. The number of nitrogens with zero attached hydrogens (tertiary/aromatic N) is 1. The van der Waals surface area contributed by atoms with Crippen LogP contribution in [0.25, 0.3) is 11.0 Å². The molecule has 1 heterocycles. The van der Waals surface area contributed by atoms with Crippen molar-refractivity contribution >= 4 is 16.9 Å². The summed E-state index contributed by atoms with van der Waals surface area (Å²) in [5, 5.41) is 2.68. The van der Waals surface area contributed by atoms with Gasteiger partial charge in [0.15, 0.2) is 0 Å². The highest BCUT2D eigenvalue weighted by molar-refractivity contribution is 5.97. The molecule has 0 fully saturated rings. The smallest absolute Gasteiger partial charge is 0.316 e. The van der Waals surface area contributed by atoms with Crippen molar-refractivity contribution < 1.29 is 4.79 Å². The number of aromatic amines is 1. The van der Waals surface area contributed by atoms with Crippen LogP contribution in [-0.2, 0) is 6.54 Å². The van der Waals surface area contributed by atoms with Gasteiger partial charge in [0.05, 0.1) is 11.0 Å². The summed E-state index contributed by atoms with van der Waals surface area (Å²) in [5.74, 6) is -0.209. The largest absolute Gasteiger partial charge is 0.352 e. The van der Waals surface area contributed by atoms with Gasteiger partial charge >= 0.3 is 11.1 Å². The fourth-order valence-electron chi connectivity index (χ4n) is 2.00. The van der Waals surface area contributed by atoms with E-state index in [0.29, 0.717) is 29.7 Å². The van der Waals surface area contributed by atoms with Crippen LogP contribution in [-0.4, -0.2) is 22.0 Å². The molecule has 1 aromatic carbocycles. The van der Waals surface area contributed by atoms with Crippen molar-refractivity contribution in [2.75, 3.05) is 6.54 Å². The highest BCUT2D eigenvalue weighted by Crippen LogP contribution is 2.11. The molecule has 0 saturated heterocycles. The normalized spacial score (nSPS) is 10.6. The van der Waals surface area contributed by atoms with Crippen LogP contribution in [0, 0.1) is 0 Å². The van der Waals surface area contributed by atoms with E-state index in [9.17, 15) is 14.4 Å². The first-order valence-corrected chi connectivity index (χ1v) is 6.13. The van der Waals surface area contributed by atoms with Gasteiger partial charge in [0.1, 0.15) is 0 Å². The third-order valence-corrected chi connectivity index (χ3v) is 2.89. The molecule has 0 saturated carbocycles. The maximum absolute atomic E-state index is 11.7. The van der Waals surface area contributed by atoms with Crippen molar-refractivity contribution in [3.05, 3.63) is 44.5 Å². The third kappa shape index (κ3) is 2.29. The summed E-state index contributed by atoms with van der Waals surface area (Å²) in [6, 6.07) is 4.88. The second-order valence-electron chi connectivity index (χ2n) is 4.09. The summed E-state index contributed by atoms with van der Waals surface area (Å²) in [6.45, 7) is 4.55. The number of hydrogen-bond donors (Lipinski definition) is 2. The standard InChI is InChI=1S/C13H15N3O3/c1-3-14-11(17)8-5-6-10-9(7-8)15-12(18)13(19)16(10)4-2/h5-7H,3-4H2,1-2H3,(H,14,17)(H,15,18). The van der Waals surface area contributed by atoms with Gasteiger partial charge in [0, 0.05) is 18.7 Å². The third-order valence-electron chi connectivity index (χ3n) is 2.89. The summed E-state index contributed by atoms with van der Waals surface area (Å²) >= 11 is 0. The Balaban J connectivity index is 2.68. The number of nitrogens with one attached hydrogen (secondary N) is 2.